The number of carbonyl (C=O) groups is 2. The number of halogens is 1. The molecule has 0 aliphatic heterocycles. The van der Waals surface area contributed by atoms with Crippen LogP contribution in [0.1, 0.15) is 28.1 Å². The summed E-state index contributed by atoms with van der Waals surface area (Å²) in [6.07, 6.45) is 0.462. The molecule has 0 radical (unpaired) electrons. The Labute approximate surface area is 133 Å². The number of thiophene rings is 1. The summed E-state index contributed by atoms with van der Waals surface area (Å²) in [5, 5.41) is 2.50. The number of hydrogen-bond acceptors (Lipinski definition) is 3. The van der Waals surface area contributed by atoms with Gasteiger partial charge in [-0.25, -0.2) is 0 Å². The quantitative estimate of drug-likeness (QED) is 0.753. The second-order valence-corrected chi connectivity index (χ2v) is 6.10. The molecule has 0 fully saturated rings. The molecule has 0 unspecified atom stereocenters. The van der Waals surface area contributed by atoms with Gasteiger partial charge in [-0.15, -0.1) is 11.3 Å². The van der Waals surface area contributed by atoms with Gasteiger partial charge >= 0.3 is 0 Å². The minimum absolute atomic E-state index is 0.0180. The van der Waals surface area contributed by atoms with Gasteiger partial charge in [0, 0.05) is 31.5 Å². The highest BCUT2D eigenvalue weighted by molar-refractivity contribution is 7.12. The molecule has 1 aromatic carbocycles. The Morgan fingerprint density at radius 1 is 1.14 bits per heavy atom. The fourth-order valence-electron chi connectivity index (χ4n) is 1.94. The third-order valence-electron chi connectivity index (χ3n) is 3.15. The number of rotatable bonds is 6. The smallest absolute Gasteiger partial charge is 0.223 e. The Balaban J connectivity index is 1.86. The first kappa shape index (κ1) is 15.7. The summed E-state index contributed by atoms with van der Waals surface area (Å²) in [5.74, 6) is -0.0377. The number of ketones is 1. The SMILES string of the molecule is CN(Cc1ccccc1Cl)C(=O)CCC(=O)c1cccs1. The molecule has 1 heterocycles. The second kappa shape index (κ2) is 7.38. The topological polar surface area (TPSA) is 37.4 Å². The lowest BCUT2D eigenvalue weighted by atomic mass is 10.1. The molecule has 2 aromatic rings. The van der Waals surface area contributed by atoms with Crippen molar-refractivity contribution in [1.29, 1.82) is 0 Å². The molecule has 0 atom stereocenters. The highest BCUT2D eigenvalue weighted by atomic mass is 35.5. The zero-order valence-electron chi connectivity index (χ0n) is 11.7. The minimum atomic E-state index is -0.0557. The van der Waals surface area contributed by atoms with Crippen molar-refractivity contribution in [3.8, 4) is 0 Å². The van der Waals surface area contributed by atoms with Crippen molar-refractivity contribution in [3.63, 3.8) is 0 Å². The van der Waals surface area contributed by atoms with Crippen LogP contribution in [-0.2, 0) is 11.3 Å². The van der Waals surface area contributed by atoms with E-state index in [0.717, 1.165) is 5.56 Å². The van der Waals surface area contributed by atoms with Crippen molar-refractivity contribution >= 4 is 34.6 Å². The molecule has 21 heavy (non-hydrogen) atoms. The molecular weight excluding hydrogens is 306 g/mol. The van der Waals surface area contributed by atoms with Gasteiger partial charge in [0.1, 0.15) is 0 Å². The van der Waals surface area contributed by atoms with E-state index in [4.69, 9.17) is 11.6 Å². The average Bonchev–Trinajstić information content (AvgIpc) is 3.01. The third kappa shape index (κ3) is 4.41. The fraction of sp³-hybridized carbons (Fsp3) is 0.250. The summed E-state index contributed by atoms with van der Waals surface area (Å²) >= 11 is 7.48. The van der Waals surface area contributed by atoms with E-state index in [1.165, 1.54) is 11.3 Å². The zero-order chi connectivity index (χ0) is 15.2. The molecule has 0 N–H and O–H groups in total. The van der Waals surface area contributed by atoms with Crippen LogP contribution in [0.5, 0.6) is 0 Å². The Kier molecular flexibility index (Phi) is 5.53. The Morgan fingerprint density at radius 3 is 2.57 bits per heavy atom. The number of Topliss-reactive ketones (excluding diaryl/α,β-unsaturated/α-hetero) is 1. The van der Waals surface area contributed by atoms with Crippen LogP contribution in [0.3, 0.4) is 0 Å². The highest BCUT2D eigenvalue weighted by Crippen LogP contribution is 2.17. The molecule has 5 heteroatoms. The van der Waals surface area contributed by atoms with Crippen LogP contribution in [0.15, 0.2) is 41.8 Å². The first-order valence-electron chi connectivity index (χ1n) is 6.62. The Hall–Kier alpha value is -1.65. The van der Waals surface area contributed by atoms with Gasteiger partial charge in [0.15, 0.2) is 5.78 Å². The summed E-state index contributed by atoms with van der Waals surface area (Å²) in [6, 6.07) is 11.1. The number of hydrogen-bond donors (Lipinski definition) is 0. The summed E-state index contributed by atoms with van der Waals surface area (Å²) in [7, 11) is 1.72. The first-order chi connectivity index (χ1) is 10.1. The van der Waals surface area contributed by atoms with Gasteiger partial charge in [-0.3, -0.25) is 9.59 Å². The number of benzene rings is 1. The predicted molar refractivity (Wildman–Crippen MR) is 85.8 cm³/mol. The normalized spacial score (nSPS) is 10.4. The van der Waals surface area contributed by atoms with Crippen LogP contribution in [0.2, 0.25) is 5.02 Å². The molecule has 0 aliphatic carbocycles. The minimum Gasteiger partial charge on any atom is -0.341 e. The van der Waals surface area contributed by atoms with Crippen molar-refractivity contribution in [2.75, 3.05) is 7.05 Å². The van der Waals surface area contributed by atoms with Crippen LogP contribution >= 0.6 is 22.9 Å². The van der Waals surface area contributed by atoms with Gasteiger partial charge in [0.05, 0.1) is 4.88 Å². The van der Waals surface area contributed by atoms with Crippen molar-refractivity contribution in [3.05, 3.63) is 57.2 Å². The van der Waals surface area contributed by atoms with Gasteiger partial charge in [-0.2, -0.15) is 0 Å². The lowest BCUT2D eigenvalue weighted by Crippen LogP contribution is -2.26. The molecule has 0 bridgehead atoms. The van der Waals surface area contributed by atoms with Crippen molar-refractivity contribution in [2.45, 2.75) is 19.4 Å². The van der Waals surface area contributed by atoms with Gasteiger partial charge in [-0.05, 0) is 23.1 Å². The fourth-order valence-corrected chi connectivity index (χ4v) is 2.83. The van der Waals surface area contributed by atoms with Crippen molar-refractivity contribution < 1.29 is 9.59 Å². The van der Waals surface area contributed by atoms with Crippen LogP contribution in [-0.4, -0.2) is 23.6 Å². The van der Waals surface area contributed by atoms with Crippen LogP contribution < -0.4 is 0 Å². The Bertz CT molecular complexity index is 625. The standard InChI is InChI=1S/C16H16ClNO2S/c1-18(11-12-5-2-3-6-13(12)17)16(20)9-8-14(19)15-7-4-10-21-15/h2-7,10H,8-9,11H2,1H3. The molecule has 3 nitrogen and oxygen atoms in total. The molecule has 0 aliphatic rings. The van der Waals surface area contributed by atoms with Gasteiger partial charge in [-0.1, -0.05) is 35.9 Å². The average molecular weight is 322 g/mol. The lowest BCUT2D eigenvalue weighted by Gasteiger charge is -2.17. The number of nitrogens with zero attached hydrogens (tertiary/aromatic N) is 1. The van der Waals surface area contributed by atoms with E-state index in [0.29, 0.717) is 16.4 Å². The molecule has 2 rings (SSSR count). The molecule has 0 saturated carbocycles. The van der Waals surface area contributed by atoms with Gasteiger partial charge in [0.25, 0.3) is 0 Å². The Morgan fingerprint density at radius 2 is 1.90 bits per heavy atom. The maximum atomic E-state index is 12.1. The summed E-state index contributed by atoms with van der Waals surface area (Å²) < 4.78 is 0. The molecule has 1 amide bonds. The van der Waals surface area contributed by atoms with E-state index < -0.39 is 0 Å². The van der Waals surface area contributed by atoms with Crippen molar-refractivity contribution in [1.82, 2.24) is 4.90 Å². The maximum absolute atomic E-state index is 12.1. The summed E-state index contributed by atoms with van der Waals surface area (Å²) in [5.41, 5.74) is 0.902. The first-order valence-corrected chi connectivity index (χ1v) is 7.88. The predicted octanol–water partition coefficient (Wildman–Crippen LogP) is 4.02. The van der Waals surface area contributed by atoms with E-state index >= 15 is 0 Å². The van der Waals surface area contributed by atoms with Gasteiger partial charge < -0.3 is 4.90 Å². The summed E-state index contributed by atoms with van der Waals surface area (Å²) in [6.45, 7) is 0.450. The third-order valence-corrected chi connectivity index (χ3v) is 4.43. The molecule has 0 saturated heterocycles. The highest BCUT2D eigenvalue weighted by Gasteiger charge is 2.14. The lowest BCUT2D eigenvalue weighted by molar-refractivity contribution is -0.130. The van der Waals surface area contributed by atoms with E-state index in [1.807, 2.05) is 29.6 Å². The van der Waals surface area contributed by atoms with Crippen molar-refractivity contribution in [2.24, 2.45) is 0 Å². The molecule has 110 valence electrons. The number of amides is 1. The molecule has 1 aromatic heterocycles. The van der Waals surface area contributed by atoms with E-state index in [1.54, 1.807) is 24.1 Å². The zero-order valence-corrected chi connectivity index (χ0v) is 13.3. The van der Waals surface area contributed by atoms with Crippen LogP contribution in [0.25, 0.3) is 0 Å². The van der Waals surface area contributed by atoms with E-state index in [2.05, 4.69) is 0 Å². The van der Waals surface area contributed by atoms with Crippen LogP contribution in [0, 0.1) is 0 Å². The largest absolute Gasteiger partial charge is 0.341 e. The van der Waals surface area contributed by atoms with E-state index in [9.17, 15) is 9.59 Å². The molecule has 0 spiro atoms. The monoisotopic (exact) mass is 321 g/mol. The maximum Gasteiger partial charge on any atom is 0.223 e. The summed E-state index contributed by atoms with van der Waals surface area (Å²) in [4.78, 5) is 26.2. The van der Waals surface area contributed by atoms with Crippen LogP contribution in [0.4, 0.5) is 0 Å². The number of carbonyl (C=O) groups excluding carboxylic acids is 2. The van der Waals surface area contributed by atoms with E-state index in [-0.39, 0.29) is 24.5 Å². The second-order valence-electron chi connectivity index (χ2n) is 4.74. The van der Waals surface area contributed by atoms with Gasteiger partial charge in [0.2, 0.25) is 5.91 Å². The molecular formula is C16H16ClNO2S.